The molecule has 0 radical (unpaired) electrons. The molecule has 0 aromatic heterocycles. The number of rotatable bonds is 7. The third-order valence-corrected chi connectivity index (χ3v) is 7.39. The van der Waals surface area contributed by atoms with Crippen LogP contribution in [-0.4, -0.2) is 25.8 Å². The summed E-state index contributed by atoms with van der Waals surface area (Å²) in [5.74, 6) is -0.717. The number of amides is 1. The lowest BCUT2D eigenvalue weighted by Crippen LogP contribution is -2.38. The summed E-state index contributed by atoms with van der Waals surface area (Å²) in [6, 6.07) is 14.6. The zero-order valence-electron chi connectivity index (χ0n) is 17.6. The van der Waals surface area contributed by atoms with Crippen molar-refractivity contribution in [3.63, 3.8) is 0 Å². The highest BCUT2D eigenvalue weighted by Crippen LogP contribution is 2.35. The number of nitrogens with zero attached hydrogens (tertiary/aromatic N) is 2. The summed E-state index contributed by atoms with van der Waals surface area (Å²) >= 11 is 12.4. The minimum atomic E-state index is -4.21. The Morgan fingerprint density at radius 3 is 2.36 bits per heavy atom. The Bertz CT molecular complexity index is 1330. The van der Waals surface area contributed by atoms with Gasteiger partial charge in [0.25, 0.3) is 15.7 Å². The van der Waals surface area contributed by atoms with Crippen molar-refractivity contribution >= 4 is 56.2 Å². The van der Waals surface area contributed by atoms with E-state index >= 15 is 0 Å². The number of nitro benzene ring substituents is 1. The average molecular weight is 508 g/mol. The van der Waals surface area contributed by atoms with Crippen LogP contribution in [0.1, 0.15) is 11.1 Å². The highest BCUT2D eigenvalue weighted by atomic mass is 35.5. The Kier molecular flexibility index (Phi) is 7.26. The summed E-state index contributed by atoms with van der Waals surface area (Å²) in [7, 11) is -4.21. The van der Waals surface area contributed by atoms with E-state index in [1.807, 2.05) is 6.92 Å². The maximum absolute atomic E-state index is 13.5. The number of nitrogens with one attached hydrogen (secondary N) is 1. The van der Waals surface area contributed by atoms with Gasteiger partial charge in [-0.05, 0) is 43.7 Å². The first-order chi connectivity index (χ1) is 15.5. The van der Waals surface area contributed by atoms with E-state index in [4.69, 9.17) is 23.2 Å². The van der Waals surface area contributed by atoms with Crippen molar-refractivity contribution in [3.8, 4) is 0 Å². The van der Waals surface area contributed by atoms with Crippen molar-refractivity contribution in [1.82, 2.24) is 0 Å². The Morgan fingerprint density at radius 1 is 1.06 bits per heavy atom. The normalized spacial score (nSPS) is 11.2. The van der Waals surface area contributed by atoms with Gasteiger partial charge in [0.15, 0.2) is 0 Å². The van der Waals surface area contributed by atoms with Crippen molar-refractivity contribution in [2.75, 3.05) is 16.2 Å². The van der Waals surface area contributed by atoms with Gasteiger partial charge in [-0.3, -0.25) is 19.2 Å². The molecule has 1 N–H and O–H groups in total. The second-order valence-corrected chi connectivity index (χ2v) is 9.85. The van der Waals surface area contributed by atoms with E-state index in [1.165, 1.54) is 48.5 Å². The molecule has 0 aliphatic heterocycles. The van der Waals surface area contributed by atoms with Crippen LogP contribution in [0.2, 0.25) is 10.0 Å². The van der Waals surface area contributed by atoms with Crippen LogP contribution >= 0.6 is 23.2 Å². The molecular formula is C22H19Cl2N3O5S. The number of hydrogen-bond donors (Lipinski definition) is 1. The first kappa shape index (κ1) is 24.5. The van der Waals surface area contributed by atoms with Gasteiger partial charge in [-0.15, -0.1) is 0 Å². The molecule has 0 heterocycles. The molecule has 0 bridgehead atoms. The van der Waals surface area contributed by atoms with E-state index < -0.39 is 27.4 Å². The number of carbonyl (C=O) groups is 1. The zero-order chi connectivity index (χ0) is 24.3. The maximum atomic E-state index is 13.5. The summed E-state index contributed by atoms with van der Waals surface area (Å²) in [5, 5.41) is 13.7. The Morgan fingerprint density at radius 2 is 1.73 bits per heavy atom. The van der Waals surface area contributed by atoms with Crippen LogP contribution in [0, 0.1) is 24.0 Å². The van der Waals surface area contributed by atoms with Crippen molar-refractivity contribution in [3.05, 3.63) is 92.0 Å². The van der Waals surface area contributed by atoms with Gasteiger partial charge in [-0.25, -0.2) is 8.42 Å². The molecule has 172 valence electrons. The van der Waals surface area contributed by atoms with Crippen LogP contribution < -0.4 is 9.62 Å². The lowest BCUT2D eigenvalue weighted by Gasteiger charge is -2.25. The van der Waals surface area contributed by atoms with Crippen LogP contribution in [0.5, 0.6) is 0 Å². The summed E-state index contributed by atoms with van der Waals surface area (Å²) in [5.41, 5.74) is 1.44. The van der Waals surface area contributed by atoms with Gasteiger partial charge < -0.3 is 5.32 Å². The van der Waals surface area contributed by atoms with Crippen molar-refractivity contribution in [2.45, 2.75) is 18.7 Å². The minimum Gasteiger partial charge on any atom is -0.324 e. The number of sulfonamides is 1. The standard InChI is InChI=1S/C22H19Cl2N3O5S/c1-14-6-10-17(11-7-14)33(31,32)26(20-5-3-4-18(23)22(20)24)13-21(28)25-19-12-16(27(29)30)9-8-15(19)2/h3-12H,13H2,1-2H3,(H,25,28). The first-order valence-corrected chi connectivity index (χ1v) is 11.8. The molecule has 0 aliphatic carbocycles. The number of benzene rings is 3. The molecular weight excluding hydrogens is 489 g/mol. The molecule has 3 aromatic rings. The summed E-state index contributed by atoms with van der Waals surface area (Å²) in [6.45, 7) is 2.84. The van der Waals surface area contributed by atoms with Crippen LogP contribution in [-0.2, 0) is 14.8 Å². The molecule has 0 aliphatic rings. The lowest BCUT2D eigenvalue weighted by molar-refractivity contribution is -0.384. The van der Waals surface area contributed by atoms with Gasteiger partial charge in [-0.1, -0.05) is 53.0 Å². The molecule has 3 aromatic carbocycles. The number of non-ortho nitro benzene ring substituents is 1. The Hall–Kier alpha value is -3.14. The second kappa shape index (κ2) is 9.78. The molecule has 0 fully saturated rings. The Balaban J connectivity index is 2.01. The van der Waals surface area contributed by atoms with Crippen molar-refractivity contribution < 1.29 is 18.1 Å². The maximum Gasteiger partial charge on any atom is 0.271 e. The second-order valence-electron chi connectivity index (χ2n) is 7.20. The quantitative estimate of drug-likeness (QED) is 0.342. The first-order valence-electron chi connectivity index (χ1n) is 9.59. The molecule has 0 atom stereocenters. The molecule has 0 saturated heterocycles. The van der Waals surface area contributed by atoms with Crippen LogP contribution in [0.15, 0.2) is 65.6 Å². The summed E-state index contributed by atoms with van der Waals surface area (Å²) in [4.78, 5) is 23.3. The van der Waals surface area contributed by atoms with Gasteiger partial charge in [0.1, 0.15) is 6.54 Å². The minimum absolute atomic E-state index is 0.0238. The molecule has 33 heavy (non-hydrogen) atoms. The van der Waals surface area contributed by atoms with E-state index in [0.29, 0.717) is 5.56 Å². The van der Waals surface area contributed by atoms with Gasteiger partial charge in [0.2, 0.25) is 5.91 Å². The van der Waals surface area contributed by atoms with E-state index in [9.17, 15) is 23.3 Å². The number of anilines is 2. The third-order valence-electron chi connectivity index (χ3n) is 4.80. The fourth-order valence-electron chi connectivity index (χ4n) is 3.00. The predicted molar refractivity (Wildman–Crippen MR) is 129 cm³/mol. The highest BCUT2D eigenvalue weighted by Gasteiger charge is 2.29. The predicted octanol–water partition coefficient (Wildman–Crippen LogP) is 5.35. The fraction of sp³-hybridized carbons (Fsp3) is 0.136. The number of halogens is 2. The number of aryl methyl sites for hydroxylation is 2. The van der Waals surface area contributed by atoms with E-state index in [1.54, 1.807) is 19.1 Å². The summed E-state index contributed by atoms with van der Waals surface area (Å²) < 4.78 is 27.8. The van der Waals surface area contributed by atoms with Gasteiger partial charge in [0, 0.05) is 12.1 Å². The van der Waals surface area contributed by atoms with E-state index in [2.05, 4.69) is 5.32 Å². The third kappa shape index (κ3) is 5.44. The number of hydrogen-bond acceptors (Lipinski definition) is 5. The van der Waals surface area contributed by atoms with Crippen LogP contribution in [0.4, 0.5) is 17.1 Å². The molecule has 11 heteroatoms. The van der Waals surface area contributed by atoms with Crippen LogP contribution in [0.25, 0.3) is 0 Å². The molecule has 1 amide bonds. The van der Waals surface area contributed by atoms with Crippen LogP contribution in [0.3, 0.4) is 0 Å². The molecule has 0 spiro atoms. The van der Waals surface area contributed by atoms with Crippen molar-refractivity contribution in [1.29, 1.82) is 0 Å². The SMILES string of the molecule is Cc1ccc(S(=O)(=O)N(CC(=O)Nc2cc([N+](=O)[O-])ccc2C)c2cccc(Cl)c2Cl)cc1. The lowest BCUT2D eigenvalue weighted by atomic mass is 10.2. The van der Waals surface area contributed by atoms with Gasteiger partial charge in [-0.2, -0.15) is 0 Å². The smallest absolute Gasteiger partial charge is 0.271 e. The average Bonchev–Trinajstić information content (AvgIpc) is 2.76. The highest BCUT2D eigenvalue weighted by molar-refractivity contribution is 7.92. The fourth-order valence-corrected chi connectivity index (χ4v) is 4.88. The monoisotopic (exact) mass is 507 g/mol. The summed E-state index contributed by atoms with van der Waals surface area (Å²) in [6.07, 6.45) is 0. The van der Waals surface area contributed by atoms with Crippen molar-refractivity contribution in [2.24, 2.45) is 0 Å². The van der Waals surface area contributed by atoms with Gasteiger partial charge in [0.05, 0.1) is 31.2 Å². The Labute approximate surface area is 200 Å². The van der Waals surface area contributed by atoms with E-state index in [-0.39, 0.29) is 32.0 Å². The topological polar surface area (TPSA) is 110 Å². The molecule has 0 saturated carbocycles. The molecule has 0 unspecified atom stereocenters. The molecule has 3 rings (SSSR count). The number of carbonyl (C=O) groups excluding carboxylic acids is 1. The van der Waals surface area contributed by atoms with Gasteiger partial charge >= 0.3 is 0 Å². The van der Waals surface area contributed by atoms with E-state index in [0.717, 1.165) is 9.87 Å². The zero-order valence-corrected chi connectivity index (χ0v) is 19.9. The molecule has 8 nitrogen and oxygen atoms in total. The number of nitro groups is 1. The largest absolute Gasteiger partial charge is 0.324 e.